The van der Waals surface area contributed by atoms with Crippen LogP contribution < -0.4 is 10.2 Å². The van der Waals surface area contributed by atoms with Crippen molar-refractivity contribution in [2.24, 2.45) is 0 Å². The third-order valence-corrected chi connectivity index (χ3v) is 3.90. The van der Waals surface area contributed by atoms with Crippen LogP contribution in [-0.4, -0.2) is 42.4 Å². The lowest BCUT2D eigenvalue weighted by atomic mass is 10.2. The van der Waals surface area contributed by atoms with Crippen LogP contribution in [0.2, 0.25) is 0 Å². The monoisotopic (exact) mass is 289 g/mol. The van der Waals surface area contributed by atoms with Crippen LogP contribution >= 0.6 is 0 Å². The molecule has 1 heterocycles. The van der Waals surface area contributed by atoms with Crippen molar-refractivity contribution in [3.8, 4) is 0 Å². The molecule has 1 aromatic rings. The molecule has 21 heavy (non-hydrogen) atoms. The second-order valence-electron chi connectivity index (χ2n) is 5.10. The normalized spacial score (nSPS) is 18.2. The Morgan fingerprint density at radius 2 is 1.76 bits per heavy atom. The van der Waals surface area contributed by atoms with Gasteiger partial charge >= 0.3 is 0 Å². The van der Waals surface area contributed by atoms with E-state index in [4.69, 9.17) is 0 Å². The Kier molecular flexibility index (Phi) is 4.83. The summed E-state index contributed by atoms with van der Waals surface area (Å²) in [5.41, 5.74) is 2.03. The lowest BCUT2D eigenvalue weighted by Gasteiger charge is -2.21. The molecule has 0 spiro atoms. The van der Waals surface area contributed by atoms with Gasteiger partial charge in [0.2, 0.25) is 5.91 Å². The van der Waals surface area contributed by atoms with Crippen LogP contribution in [0.1, 0.15) is 27.2 Å². The first-order chi connectivity index (χ1) is 10.1. The number of rotatable bonds is 6. The number of amides is 2. The molecular weight excluding hydrogens is 266 g/mol. The highest BCUT2D eigenvalue weighted by Crippen LogP contribution is 2.21. The molecule has 1 aliphatic rings. The summed E-state index contributed by atoms with van der Waals surface area (Å²) in [7, 11) is 0. The lowest BCUT2D eigenvalue weighted by Crippen LogP contribution is -2.34. The molecule has 114 valence electrons. The number of hydrogen-bond donors (Lipinski definition) is 1. The van der Waals surface area contributed by atoms with E-state index in [0.29, 0.717) is 6.54 Å². The molecule has 5 nitrogen and oxygen atoms in total. The van der Waals surface area contributed by atoms with E-state index >= 15 is 0 Å². The topological polar surface area (TPSA) is 52.7 Å². The first-order valence-corrected chi connectivity index (χ1v) is 7.56. The molecule has 2 amide bonds. The van der Waals surface area contributed by atoms with Crippen LogP contribution in [0.3, 0.4) is 0 Å². The first kappa shape index (κ1) is 15.4. The number of carbonyl (C=O) groups is 2. The molecule has 1 unspecified atom stereocenters. The van der Waals surface area contributed by atoms with Crippen molar-refractivity contribution in [3.63, 3.8) is 0 Å². The van der Waals surface area contributed by atoms with Crippen LogP contribution in [-0.2, 0) is 9.59 Å². The number of benzene rings is 1. The molecule has 1 aromatic carbocycles. The fraction of sp³-hybridized carbons (Fsp3) is 0.500. The van der Waals surface area contributed by atoms with Gasteiger partial charge in [-0.1, -0.05) is 0 Å². The number of anilines is 2. The number of hydrogen-bond acceptors (Lipinski definition) is 4. The Balaban J connectivity index is 2.04. The lowest BCUT2D eigenvalue weighted by molar-refractivity contribution is -0.138. The quantitative estimate of drug-likeness (QED) is 0.815. The minimum atomic E-state index is -0.434. The van der Waals surface area contributed by atoms with Gasteiger partial charge in [-0.05, 0) is 45.0 Å². The van der Waals surface area contributed by atoms with Gasteiger partial charge in [-0.2, -0.15) is 0 Å². The van der Waals surface area contributed by atoms with Crippen molar-refractivity contribution in [3.05, 3.63) is 24.3 Å². The summed E-state index contributed by atoms with van der Waals surface area (Å²) in [6, 6.07) is 7.55. The van der Waals surface area contributed by atoms with Crippen molar-refractivity contribution in [1.82, 2.24) is 4.90 Å². The van der Waals surface area contributed by atoms with Gasteiger partial charge in [-0.3, -0.25) is 14.5 Å². The maximum Gasteiger partial charge on any atom is 0.252 e. The SMILES string of the molecule is CCN1C(=O)CC(Nc2ccc(N(CC)CC)cc2)C1=O. The smallest absolute Gasteiger partial charge is 0.252 e. The van der Waals surface area contributed by atoms with Crippen molar-refractivity contribution in [2.45, 2.75) is 33.2 Å². The van der Waals surface area contributed by atoms with Crippen molar-refractivity contribution in [2.75, 3.05) is 29.9 Å². The summed E-state index contributed by atoms with van der Waals surface area (Å²) in [4.78, 5) is 27.3. The molecular formula is C16H23N3O2. The molecule has 0 aliphatic carbocycles. The van der Waals surface area contributed by atoms with Crippen molar-refractivity contribution >= 4 is 23.2 Å². The predicted octanol–water partition coefficient (Wildman–Crippen LogP) is 2.09. The number of nitrogens with one attached hydrogen (secondary N) is 1. The number of imide groups is 1. The van der Waals surface area contributed by atoms with Crippen molar-refractivity contribution in [1.29, 1.82) is 0 Å². The highest BCUT2D eigenvalue weighted by Gasteiger charge is 2.37. The van der Waals surface area contributed by atoms with Gasteiger partial charge in [0.1, 0.15) is 6.04 Å². The summed E-state index contributed by atoms with van der Waals surface area (Å²) in [6.07, 6.45) is 0.241. The highest BCUT2D eigenvalue weighted by molar-refractivity contribution is 6.06. The molecule has 2 rings (SSSR count). The molecule has 0 saturated carbocycles. The zero-order valence-electron chi connectivity index (χ0n) is 12.9. The van der Waals surface area contributed by atoms with E-state index in [1.165, 1.54) is 4.90 Å². The Morgan fingerprint density at radius 3 is 2.24 bits per heavy atom. The highest BCUT2D eigenvalue weighted by atomic mass is 16.2. The molecule has 1 fully saturated rings. The van der Waals surface area contributed by atoms with E-state index in [9.17, 15) is 9.59 Å². The average Bonchev–Trinajstić information content (AvgIpc) is 2.76. The molecule has 1 atom stereocenters. The zero-order valence-corrected chi connectivity index (χ0v) is 12.9. The second-order valence-corrected chi connectivity index (χ2v) is 5.10. The summed E-state index contributed by atoms with van der Waals surface area (Å²) >= 11 is 0. The molecule has 5 heteroatoms. The average molecular weight is 289 g/mol. The van der Waals surface area contributed by atoms with Crippen molar-refractivity contribution < 1.29 is 9.59 Å². The molecule has 0 bridgehead atoms. The number of carbonyl (C=O) groups excluding carboxylic acids is 2. The van der Waals surface area contributed by atoms with E-state index in [2.05, 4.69) is 24.1 Å². The molecule has 1 saturated heterocycles. The van der Waals surface area contributed by atoms with Gasteiger partial charge in [0.15, 0.2) is 0 Å². The van der Waals surface area contributed by atoms with Crippen LogP contribution in [0.15, 0.2) is 24.3 Å². The van der Waals surface area contributed by atoms with Gasteiger partial charge in [0, 0.05) is 31.0 Å². The van der Waals surface area contributed by atoms with E-state index < -0.39 is 6.04 Å². The first-order valence-electron chi connectivity index (χ1n) is 7.56. The third kappa shape index (κ3) is 3.17. The molecule has 0 radical (unpaired) electrons. The van der Waals surface area contributed by atoms with Gasteiger partial charge in [0.05, 0.1) is 6.42 Å². The third-order valence-electron chi connectivity index (χ3n) is 3.90. The van der Waals surface area contributed by atoms with E-state index in [0.717, 1.165) is 24.5 Å². The number of likely N-dealkylation sites (N-methyl/N-ethyl adjacent to an activating group) is 1. The van der Waals surface area contributed by atoms with E-state index in [1.807, 2.05) is 31.2 Å². The predicted molar refractivity (Wildman–Crippen MR) is 84.4 cm³/mol. The summed E-state index contributed by atoms with van der Waals surface area (Å²) in [5.74, 6) is -0.227. The van der Waals surface area contributed by atoms with Crippen LogP contribution in [0.4, 0.5) is 11.4 Å². The van der Waals surface area contributed by atoms with Gasteiger partial charge in [-0.15, -0.1) is 0 Å². The fourth-order valence-corrected chi connectivity index (χ4v) is 2.69. The van der Waals surface area contributed by atoms with Crippen LogP contribution in [0.25, 0.3) is 0 Å². The number of likely N-dealkylation sites (tertiary alicyclic amines) is 1. The number of nitrogens with zero attached hydrogens (tertiary/aromatic N) is 2. The maximum atomic E-state index is 12.1. The van der Waals surface area contributed by atoms with Gasteiger partial charge in [0.25, 0.3) is 5.91 Å². The van der Waals surface area contributed by atoms with Crippen LogP contribution in [0, 0.1) is 0 Å². The minimum absolute atomic E-state index is 0.0974. The fourth-order valence-electron chi connectivity index (χ4n) is 2.69. The van der Waals surface area contributed by atoms with E-state index in [-0.39, 0.29) is 18.2 Å². The summed E-state index contributed by atoms with van der Waals surface area (Å²) < 4.78 is 0. The summed E-state index contributed by atoms with van der Waals surface area (Å²) in [6.45, 7) is 8.43. The van der Waals surface area contributed by atoms with Crippen LogP contribution in [0.5, 0.6) is 0 Å². The molecule has 0 aromatic heterocycles. The second kappa shape index (κ2) is 6.61. The van der Waals surface area contributed by atoms with Gasteiger partial charge in [-0.25, -0.2) is 0 Å². The summed E-state index contributed by atoms with van der Waals surface area (Å²) in [5, 5.41) is 3.16. The Morgan fingerprint density at radius 1 is 1.14 bits per heavy atom. The Bertz CT molecular complexity index is 509. The Labute approximate surface area is 125 Å². The molecule has 1 aliphatic heterocycles. The minimum Gasteiger partial charge on any atom is -0.373 e. The molecule has 1 N–H and O–H groups in total. The Hall–Kier alpha value is -2.04. The largest absolute Gasteiger partial charge is 0.373 e. The maximum absolute atomic E-state index is 12.1. The van der Waals surface area contributed by atoms with Gasteiger partial charge < -0.3 is 10.2 Å². The van der Waals surface area contributed by atoms with E-state index in [1.54, 1.807) is 0 Å². The standard InChI is InChI=1S/C16H23N3O2/c1-4-18(5-2)13-9-7-12(8-10-13)17-14-11-15(20)19(6-3)16(14)21/h7-10,14,17H,4-6,11H2,1-3H3. The zero-order chi connectivity index (χ0) is 15.4.